The van der Waals surface area contributed by atoms with Crippen LogP contribution in [-0.2, 0) is 31.3 Å². The van der Waals surface area contributed by atoms with Crippen LogP contribution in [0.25, 0.3) is 0 Å². The van der Waals surface area contributed by atoms with Crippen LogP contribution in [-0.4, -0.2) is 71.2 Å². The molecule has 202 valence electrons. The number of hydrogen-bond acceptors (Lipinski definition) is 6. The summed E-state index contributed by atoms with van der Waals surface area (Å²) >= 11 is 6.12. The number of nitrogens with one attached hydrogen (secondary N) is 1. The lowest BCUT2D eigenvalue weighted by molar-refractivity contribution is -0.126. The molecule has 12 heteroatoms. The first-order valence-corrected chi connectivity index (χ1v) is 15.6. The molecule has 9 nitrogen and oxygen atoms in total. The molecule has 2 aliphatic heterocycles. The van der Waals surface area contributed by atoms with Crippen LogP contribution in [0, 0.1) is 5.92 Å². The van der Waals surface area contributed by atoms with Crippen molar-refractivity contribution < 1.29 is 26.4 Å². The van der Waals surface area contributed by atoms with Crippen molar-refractivity contribution in [3.05, 3.63) is 53.1 Å². The first-order valence-electron chi connectivity index (χ1n) is 12.3. The molecule has 0 aromatic heterocycles. The van der Waals surface area contributed by atoms with Crippen LogP contribution < -0.4 is 10.1 Å². The second kappa shape index (κ2) is 11.7. The van der Waals surface area contributed by atoms with E-state index in [0.717, 1.165) is 18.4 Å². The highest BCUT2D eigenvalue weighted by Gasteiger charge is 2.33. The van der Waals surface area contributed by atoms with Gasteiger partial charge in [0.05, 0.1) is 27.8 Å². The van der Waals surface area contributed by atoms with E-state index in [0.29, 0.717) is 51.2 Å². The molecule has 2 aromatic carbocycles. The normalized spacial score (nSPS) is 19.6. The Morgan fingerprint density at radius 2 is 1.57 bits per heavy atom. The summed E-state index contributed by atoms with van der Waals surface area (Å²) in [4.78, 5) is 13.2. The Morgan fingerprint density at radius 1 is 0.946 bits per heavy atom. The van der Waals surface area contributed by atoms with Gasteiger partial charge in [0.25, 0.3) is 0 Å². The van der Waals surface area contributed by atoms with Crippen LogP contribution in [0.2, 0.25) is 5.02 Å². The average molecular weight is 570 g/mol. The van der Waals surface area contributed by atoms with Crippen LogP contribution in [0.4, 0.5) is 0 Å². The number of amides is 1. The van der Waals surface area contributed by atoms with Gasteiger partial charge in [-0.2, -0.15) is 8.61 Å². The van der Waals surface area contributed by atoms with Gasteiger partial charge in [0, 0.05) is 32.7 Å². The zero-order valence-corrected chi connectivity index (χ0v) is 23.1. The van der Waals surface area contributed by atoms with Gasteiger partial charge in [0.1, 0.15) is 5.75 Å². The first kappa shape index (κ1) is 27.8. The van der Waals surface area contributed by atoms with Crippen molar-refractivity contribution in [3.63, 3.8) is 0 Å². The monoisotopic (exact) mass is 569 g/mol. The number of carbonyl (C=O) groups is 1. The second-order valence-electron chi connectivity index (χ2n) is 9.29. The Kier molecular flexibility index (Phi) is 8.80. The Labute approximate surface area is 223 Å². The molecule has 2 aliphatic rings. The minimum absolute atomic E-state index is 0.0644. The van der Waals surface area contributed by atoms with Crippen molar-refractivity contribution in [1.82, 2.24) is 13.9 Å². The number of rotatable bonds is 9. The molecule has 1 amide bonds. The van der Waals surface area contributed by atoms with E-state index in [4.69, 9.17) is 16.3 Å². The fourth-order valence-electron chi connectivity index (χ4n) is 4.71. The van der Waals surface area contributed by atoms with Gasteiger partial charge in [-0.3, -0.25) is 4.79 Å². The summed E-state index contributed by atoms with van der Waals surface area (Å²) in [5.41, 5.74) is 0.907. The third kappa shape index (κ3) is 6.28. The summed E-state index contributed by atoms with van der Waals surface area (Å²) in [6.45, 7) is 1.92. The maximum atomic E-state index is 13.1. The van der Waals surface area contributed by atoms with Crippen LogP contribution in [0.3, 0.4) is 0 Å². The molecule has 0 unspecified atom stereocenters. The van der Waals surface area contributed by atoms with Gasteiger partial charge in [0.15, 0.2) is 0 Å². The number of ether oxygens (including phenoxy) is 1. The first-order chi connectivity index (χ1) is 17.6. The minimum Gasteiger partial charge on any atom is -0.495 e. The zero-order chi connectivity index (χ0) is 26.6. The maximum Gasteiger partial charge on any atom is 0.243 e. The highest BCUT2D eigenvalue weighted by molar-refractivity contribution is 7.89. The number of carbonyl (C=O) groups excluding carboxylic acids is 1. The average Bonchev–Trinajstić information content (AvgIpc) is 3.45. The van der Waals surface area contributed by atoms with Crippen molar-refractivity contribution in [2.75, 3.05) is 39.8 Å². The van der Waals surface area contributed by atoms with E-state index in [9.17, 15) is 21.6 Å². The summed E-state index contributed by atoms with van der Waals surface area (Å²) in [7, 11) is -5.80. The topological polar surface area (TPSA) is 113 Å². The van der Waals surface area contributed by atoms with Gasteiger partial charge in [-0.25, -0.2) is 16.8 Å². The third-order valence-electron chi connectivity index (χ3n) is 6.86. The number of halogens is 1. The Morgan fingerprint density at radius 3 is 2.22 bits per heavy atom. The standard InChI is InChI=1S/C25H32ClN3O6S2/c1-35-24-11-10-22(17-23(24)26)37(33,34)29-16-4-5-20(18-29)25(30)27-13-12-19-6-8-21(9-7-19)36(31,32)28-14-2-3-15-28/h6-11,17,20H,2-5,12-16,18H2,1H3,(H,27,30)/t20-/m1/s1. The lowest BCUT2D eigenvalue weighted by atomic mass is 9.99. The van der Waals surface area contributed by atoms with E-state index < -0.39 is 26.0 Å². The number of methoxy groups -OCH3 is 1. The molecule has 0 saturated carbocycles. The van der Waals surface area contributed by atoms with E-state index >= 15 is 0 Å². The summed E-state index contributed by atoms with van der Waals surface area (Å²) < 4.78 is 59.5. The molecule has 2 saturated heterocycles. The van der Waals surface area contributed by atoms with Gasteiger partial charge < -0.3 is 10.1 Å². The van der Waals surface area contributed by atoms with Gasteiger partial charge >= 0.3 is 0 Å². The van der Waals surface area contributed by atoms with Gasteiger partial charge in [-0.05, 0) is 68.0 Å². The Balaban J connectivity index is 1.31. The van der Waals surface area contributed by atoms with Crippen LogP contribution in [0.5, 0.6) is 5.75 Å². The summed E-state index contributed by atoms with van der Waals surface area (Å²) in [5, 5.41) is 3.11. The van der Waals surface area contributed by atoms with Crippen molar-refractivity contribution in [1.29, 1.82) is 0 Å². The highest BCUT2D eigenvalue weighted by atomic mass is 35.5. The van der Waals surface area contributed by atoms with Crippen molar-refractivity contribution in [2.45, 2.75) is 41.9 Å². The quantitative estimate of drug-likeness (QED) is 0.497. The lowest BCUT2D eigenvalue weighted by Gasteiger charge is -2.31. The molecule has 2 fully saturated rings. The molecule has 0 bridgehead atoms. The van der Waals surface area contributed by atoms with Crippen LogP contribution in [0.15, 0.2) is 52.3 Å². The molecule has 4 rings (SSSR count). The molecule has 2 aromatic rings. The molecule has 0 radical (unpaired) electrons. The SMILES string of the molecule is COc1ccc(S(=O)(=O)N2CCC[C@@H](C(=O)NCCc3ccc(S(=O)(=O)N4CCCC4)cc3)C2)cc1Cl. The second-order valence-corrected chi connectivity index (χ2v) is 13.6. The van der Waals surface area contributed by atoms with E-state index in [1.165, 1.54) is 33.9 Å². The van der Waals surface area contributed by atoms with Crippen molar-refractivity contribution >= 4 is 37.6 Å². The predicted octanol–water partition coefficient (Wildman–Crippen LogP) is 2.89. The van der Waals surface area contributed by atoms with Gasteiger partial charge in [-0.1, -0.05) is 23.7 Å². The number of hydrogen-bond donors (Lipinski definition) is 1. The van der Waals surface area contributed by atoms with Crippen molar-refractivity contribution in [2.24, 2.45) is 5.92 Å². The van der Waals surface area contributed by atoms with E-state index in [1.807, 2.05) is 0 Å². The molecular weight excluding hydrogens is 538 g/mol. The van der Waals surface area contributed by atoms with E-state index in [2.05, 4.69) is 5.32 Å². The fourth-order valence-corrected chi connectivity index (χ4v) is 8.10. The largest absolute Gasteiger partial charge is 0.495 e. The predicted molar refractivity (Wildman–Crippen MR) is 141 cm³/mol. The molecule has 1 atom stereocenters. The molecular formula is C25H32ClN3O6S2. The minimum atomic E-state index is -3.80. The number of sulfonamides is 2. The van der Waals surface area contributed by atoms with Crippen LogP contribution >= 0.6 is 11.6 Å². The summed E-state index contributed by atoms with van der Waals surface area (Å²) in [6, 6.07) is 11.1. The van der Waals surface area contributed by atoms with Gasteiger partial charge in [0.2, 0.25) is 26.0 Å². The molecule has 0 spiro atoms. The Bertz CT molecular complexity index is 1330. The number of piperidine rings is 1. The molecule has 1 N–H and O–H groups in total. The highest BCUT2D eigenvalue weighted by Crippen LogP contribution is 2.30. The zero-order valence-electron chi connectivity index (χ0n) is 20.7. The van der Waals surface area contributed by atoms with E-state index in [-0.39, 0.29) is 27.3 Å². The summed E-state index contributed by atoms with van der Waals surface area (Å²) in [6.07, 6.45) is 3.49. The van der Waals surface area contributed by atoms with Gasteiger partial charge in [-0.15, -0.1) is 0 Å². The molecule has 37 heavy (non-hydrogen) atoms. The molecule has 0 aliphatic carbocycles. The fraction of sp³-hybridized carbons (Fsp3) is 0.480. The smallest absolute Gasteiger partial charge is 0.243 e. The number of nitrogens with zero attached hydrogens (tertiary/aromatic N) is 2. The third-order valence-corrected chi connectivity index (χ3v) is 10.9. The Hall–Kier alpha value is -2.18. The van der Waals surface area contributed by atoms with E-state index in [1.54, 1.807) is 24.3 Å². The number of benzene rings is 2. The lowest BCUT2D eigenvalue weighted by Crippen LogP contribution is -2.45. The van der Waals surface area contributed by atoms with Crippen LogP contribution in [0.1, 0.15) is 31.2 Å². The molecule has 2 heterocycles. The van der Waals surface area contributed by atoms with Crippen molar-refractivity contribution in [3.8, 4) is 5.75 Å². The maximum absolute atomic E-state index is 13.1. The summed E-state index contributed by atoms with van der Waals surface area (Å²) in [5.74, 6) is -0.259.